The van der Waals surface area contributed by atoms with Gasteiger partial charge in [-0.05, 0) is 30.5 Å². The van der Waals surface area contributed by atoms with Crippen LogP contribution in [-0.2, 0) is 6.42 Å². The highest BCUT2D eigenvalue weighted by atomic mass is 16.3. The standard InChI is InChI=1S/C15H23NO2/c1-2-3-4-5-6-7-8-12-9-10-14(17)13(11-12)15(16)18/h9-11,17H,2-8H2,1H3,(H2,16,18). The molecule has 0 fully saturated rings. The third-order valence-electron chi connectivity index (χ3n) is 3.15. The van der Waals surface area contributed by atoms with Gasteiger partial charge in [0, 0.05) is 0 Å². The second-order valence-electron chi connectivity index (χ2n) is 4.73. The minimum absolute atomic E-state index is 0.0332. The van der Waals surface area contributed by atoms with Crippen LogP contribution < -0.4 is 5.73 Å². The predicted molar refractivity (Wildman–Crippen MR) is 73.7 cm³/mol. The van der Waals surface area contributed by atoms with Crippen LogP contribution in [-0.4, -0.2) is 11.0 Å². The van der Waals surface area contributed by atoms with Crippen LogP contribution in [0.2, 0.25) is 0 Å². The first kappa shape index (κ1) is 14.6. The largest absolute Gasteiger partial charge is 0.507 e. The van der Waals surface area contributed by atoms with Crippen LogP contribution >= 0.6 is 0 Å². The average molecular weight is 249 g/mol. The van der Waals surface area contributed by atoms with Crippen LogP contribution in [0.1, 0.15) is 61.4 Å². The first-order valence-electron chi connectivity index (χ1n) is 6.77. The van der Waals surface area contributed by atoms with Gasteiger partial charge in [-0.2, -0.15) is 0 Å². The number of nitrogens with two attached hydrogens (primary N) is 1. The van der Waals surface area contributed by atoms with Crippen molar-refractivity contribution >= 4 is 5.91 Å². The molecule has 0 aliphatic heterocycles. The summed E-state index contributed by atoms with van der Waals surface area (Å²) in [5, 5.41) is 9.47. The van der Waals surface area contributed by atoms with Gasteiger partial charge in [0.25, 0.3) is 5.91 Å². The van der Waals surface area contributed by atoms with E-state index in [0.717, 1.165) is 18.4 Å². The summed E-state index contributed by atoms with van der Waals surface area (Å²) in [5.74, 6) is -0.605. The van der Waals surface area contributed by atoms with Gasteiger partial charge in [-0.3, -0.25) is 4.79 Å². The fourth-order valence-electron chi connectivity index (χ4n) is 2.05. The summed E-state index contributed by atoms with van der Waals surface area (Å²) in [6, 6.07) is 5.10. The molecule has 0 aliphatic carbocycles. The summed E-state index contributed by atoms with van der Waals surface area (Å²) in [7, 11) is 0. The summed E-state index contributed by atoms with van der Waals surface area (Å²) in [5.41, 5.74) is 6.48. The molecule has 0 aromatic heterocycles. The molecule has 0 unspecified atom stereocenters. The third-order valence-corrected chi connectivity index (χ3v) is 3.15. The second kappa shape index (κ2) is 7.75. The van der Waals surface area contributed by atoms with E-state index in [2.05, 4.69) is 6.92 Å². The van der Waals surface area contributed by atoms with E-state index in [0.29, 0.717) is 0 Å². The lowest BCUT2D eigenvalue weighted by Crippen LogP contribution is -2.11. The number of aryl methyl sites for hydroxylation is 1. The Labute approximate surface area is 109 Å². The van der Waals surface area contributed by atoms with Gasteiger partial charge < -0.3 is 10.8 Å². The summed E-state index contributed by atoms with van der Waals surface area (Å²) >= 11 is 0. The van der Waals surface area contributed by atoms with E-state index in [-0.39, 0.29) is 11.3 Å². The lowest BCUT2D eigenvalue weighted by atomic mass is 10.0. The molecule has 3 heteroatoms. The van der Waals surface area contributed by atoms with Crippen molar-refractivity contribution in [3.05, 3.63) is 29.3 Å². The maximum absolute atomic E-state index is 11.1. The molecule has 0 saturated carbocycles. The number of benzene rings is 1. The molecule has 0 spiro atoms. The van der Waals surface area contributed by atoms with Gasteiger partial charge in [0.1, 0.15) is 5.75 Å². The first-order chi connectivity index (χ1) is 8.65. The van der Waals surface area contributed by atoms with E-state index in [9.17, 15) is 9.90 Å². The molecule has 1 aromatic rings. The average Bonchev–Trinajstić information content (AvgIpc) is 2.35. The number of phenols is 1. The van der Waals surface area contributed by atoms with Gasteiger partial charge in [0.2, 0.25) is 0 Å². The zero-order chi connectivity index (χ0) is 13.4. The van der Waals surface area contributed by atoms with Gasteiger partial charge >= 0.3 is 0 Å². The highest BCUT2D eigenvalue weighted by Crippen LogP contribution is 2.19. The molecule has 0 aliphatic rings. The molecule has 0 saturated heterocycles. The Morgan fingerprint density at radius 3 is 2.50 bits per heavy atom. The van der Waals surface area contributed by atoms with E-state index in [1.165, 1.54) is 32.1 Å². The maximum Gasteiger partial charge on any atom is 0.252 e. The Balaban J connectivity index is 2.38. The molecule has 0 radical (unpaired) electrons. The number of amides is 1. The number of carbonyl (C=O) groups excluding carboxylic acids is 1. The molecule has 1 amide bonds. The fraction of sp³-hybridized carbons (Fsp3) is 0.533. The number of carbonyl (C=O) groups is 1. The molecule has 3 N–H and O–H groups in total. The fourth-order valence-corrected chi connectivity index (χ4v) is 2.05. The van der Waals surface area contributed by atoms with Crippen molar-refractivity contribution in [2.75, 3.05) is 0 Å². The van der Waals surface area contributed by atoms with Gasteiger partial charge in [-0.15, -0.1) is 0 Å². The molecular weight excluding hydrogens is 226 g/mol. The first-order valence-corrected chi connectivity index (χ1v) is 6.77. The summed E-state index contributed by atoms with van der Waals surface area (Å²) in [6.07, 6.45) is 8.42. The van der Waals surface area contributed by atoms with E-state index < -0.39 is 5.91 Å². The van der Waals surface area contributed by atoms with Crippen LogP contribution in [0.5, 0.6) is 5.75 Å². The molecule has 3 nitrogen and oxygen atoms in total. The van der Waals surface area contributed by atoms with Crippen molar-refractivity contribution in [1.82, 2.24) is 0 Å². The van der Waals surface area contributed by atoms with Crippen molar-refractivity contribution in [3.63, 3.8) is 0 Å². The quantitative estimate of drug-likeness (QED) is 0.694. The molecule has 1 aromatic carbocycles. The SMILES string of the molecule is CCCCCCCCc1ccc(O)c(C(N)=O)c1. The molecular formula is C15H23NO2. The van der Waals surface area contributed by atoms with Gasteiger partial charge in [-0.25, -0.2) is 0 Å². The maximum atomic E-state index is 11.1. The van der Waals surface area contributed by atoms with Crippen molar-refractivity contribution in [2.24, 2.45) is 5.73 Å². The smallest absolute Gasteiger partial charge is 0.252 e. The van der Waals surface area contributed by atoms with Crippen molar-refractivity contribution in [1.29, 1.82) is 0 Å². The van der Waals surface area contributed by atoms with E-state index >= 15 is 0 Å². The normalized spacial score (nSPS) is 10.5. The highest BCUT2D eigenvalue weighted by molar-refractivity contribution is 5.95. The molecule has 18 heavy (non-hydrogen) atoms. The van der Waals surface area contributed by atoms with E-state index in [1.807, 2.05) is 6.07 Å². The third kappa shape index (κ3) is 4.78. The lowest BCUT2D eigenvalue weighted by Gasteiger charge is -2.05. The number of unbranched alkanes of at least 4 members (excludes halogenated alkanes) is 5. The van der Waals surface area contributed by atoms with Crippen LogP contribution in [0.15, 0.2) is 18.2 Å². The Morgan fingerprint density at radius 1 is 1.17 bits per heavy atom. The van der Waals surface area contributed by atoms with E-state index in [4.69, 9.17) is 5.73 Å². The van der Waals surface area contributed by atoms with Gasteiger partial charge in [-0.1, -0.05) is 45.1 Å². The molecule has 1 rings (SSSR count). The molecule has 100 valence electrons. The van der Waals surface area contributed by atoms with Crippen LogP contribution in [0, 0.1) is 0 Å². The predicted octanol–water partition coefficient (Wildman–Crippen LogP) is 3.39. The Bertz CT molecular complexity index is 388. The monoisotopic (exact) mass is 249 g/mol. The Hall–Kier alpha value is -1.51. The number of primary amides is 1. The highest BCUT2D eigenvalue weighted by Gasteiger charge is 2.07. The Kier molecular flexibility index (Phi) is 6.26. The molecule has 0 heterocycles. The zero-order valence-electron chi connectivity index (χ0n) is 11.1. The summed E-state index contributed by atoms with van der Waals surface area (Å²) in [4.78, 5) is 11.1. The summed E-state index contributed by atoms with van der Waals surface area (Å²) < 4.78 is 0. The van der Waals surface area contributed by atoms with Gasteiger partial charge in [0.15, 0.2) is 0 Å². The van der Waals surface area contributed by atoms with Crippen molar-refractivity contribution < 1.29 is 9.90 Å². The topological polar surface area (TPSA) is 63.3 Å². The van der Waals surface area contributed by atoms with Crippen LogP contribution in [0.4, 0.5) is 0 Å². The minimum atomic E-state index is -0.572. The number of hydrogen-bond donors (Lipinski definition) is 2. The van der Waals surface area contributed by atoms with E-state index in [1.54, 1.807) is 12.1 Å². The van der Waals surface area contributed by atoms with Gasteiger partial charge in [0.05, 0.1) is 5.56 Å². The zero-order valence-corrected chi connectivity index (χ0v) is 11.1. The number of hydrogen-bond acceptors (Lipinski definition) is 2. The Morgan fingerprint density at radius 2 is 1.83 bits per heavy atom. The number of rotatable bonds is 8. The second-order valence-corrected chi connectivity index (χ2v) is 4.73. The number of aromatic hydroxyl groups is 1. The molecule has 0 bridgehead atoms. The molecule has 0 atom stereocenters. The summed E-state index contributed by atoms with van der Waals surface area (Å²) in [6.45, 7) is 2.21. The van der Waals surface area contributed by atoms with Crippen LogP contribution in [0.3, 0.4) is 0 Å². The lowest BCUT2D eigenvalue weighted by molar-refractivity contribution is 0.0997. The van der Waals surface area contributed by atoms with Crippen LogP contribution in [0.25, 0.3) is 0 Å². The van der Waals surface area contributed by atoms with Crippen molar-refractivity contribution in [2.45, 2.75) is 51.9 Å². The minimum Gasteiger partial charge on any atom is -0.507 e. The van der Waals surface area contributed by atoms with Crippen molar-refractivity contribution in [3.8, 4) is 5.75 Å².